The quantitative estimate of drug-likeness (QED) is 0.342. The van der Waals surface area contributed by atoms with Gasteiger partial charge in [0.2, 0.25) is 0 Å². The van der Waals surface area contributed by atoms with Crippen molar-refractivity contribution in [3.05, 3.63) is 29.3 Å². The van der Waals surface area contributed by atoms with Crippen LogP contribution in [-0.4, -0.2) is 70.5 Å². The van der Waals surface area contributed by atoms with Gasteiger partial charge in [-0.25, -0.2) is 0 Å². The van der Waals surface area contributed by atoms with Crippen molar-refractivity contribution in [3.8, 4) is 5.75 Å². The van der Waals surface area contributed by atoms with Crippen molar-refractivity contribution in [1.82, 2.24) is 15.5 Å². The number of ether oxygens (including phenoxy) is 2. The molecule has 1 aliphatic rings. The maximum atomic E-state index is 5.45. The van der Waals surface area contributed by atoms with Gasteiger partial charge in [-0.05, 0) is 31.9 Å². The topological polar surface area (TPSA) is 58.1 Å². The summed E-state index contributed by atoms with van der Waals surface area (Å²) in [5.74, 6) is 1.82. The third-order valence-corrected chi connectivity index (χ3v) is 4.26. The standard InChI is InChI=1S/C19H32N4O2.HI/c1-4-20-19(22-9-10-23-11-13-25-14-12-23)21-8-7-17-15-16(2)5-6-18(17)24-3;/h5-6,15H,4,7-14H2,1-3H3,(H2,20,21,22);1H. The number of nitrogens with one attached hydrogen (secondary N) is 2. The van der Waals surface area contributed by atoms with Gasteiger partial charge in [-0.15, -0.1) is 24.0 Å². The SMILES string of the molecule is CCNC(=NCCN1CCOCC1)NCCc1cc(C)ccc1OC.I. The van der Waals surface area contributed by atoms with Gasteiger partial charge in [0.15, 0.2) is 5.96 Å². The molecule has 1 aromatic carbocycles. The number of benzene rings is 1. The first-order valence-corrected chi connectivity index (χ1v) is 9.18. The van der Waals surface area contributed by atoms with E-state index in [1.165, 1.54) is 11.1 Å². The van der Waals surface area contributed by atoms with Gasteiger partial charge in [0, 0.05) is 32.7 Å². The largest absolute Gasteiger partial charge is 0.496 e. The smallest absolute Gasteiger partial charge is 0.191 e. The Morgan fingerprint density at radius 3 is 2.73 bits per heavy atom. The van der Waals surface area contributed by atoms with Gasteiger partial charge in [0.05, 0.1) is 26.9 Å². The number of morpholine rings is 1. The fourth-order valence-electron chi connectivity index (χ4n) is 2.89. The molecule has 0 bridgehead atoms. The number of nitrogens with zero attached hydrogens (tertiary/aromatic N) is 2. The van der Waals surface area contributed by atoms with Crippen LogP contribution < -0.4 is 15.4 Å². The Balaban J connectivity index is 0.00000338. The Labute approximate surface area is 174 Å². The van der Waals surface area contributed by atoms with Crippen LogP contribution in [0, 0.1) is 6.92 Å². The fraction of sp³-hybridized carbons (Fsp3) is 0.632. The van der Waals surface area contributed by atoms with E-state index < -0.39 is 0 Å². The molecule has 148 valence electrons. The van der Waals surface area contributed by atoms with E-state index in [0.717, 1.165) is 70.6 Å². The van der Waals surface area contributed by atoms with Crippen molar-refractivity contribution >= 4 is 29.9 Å². The molecule has 0 atom stereocenters. The zero-order valence-electron chi connectivity index (χ0n) is 16.2. The molecule has 2 rings (SSSR count). The van der Waals surface area contributed by atoms with Crippen molar-refractivity contribution < 1.29 is 9.47 Å². The third-order valence-electron chi connectivity index (χ3n) is 4.26. The lowest BCUT2D eigenvalue weighted by Crippen LogP contribution is -2.40. The molecule has 0 radical (unpaired) electrons. The summed E-state index contributed by atoms with van der Waals surface area (Å²) in [7, 11) is 1.72. The predicted molar refractivity (Wildman–Crippen MR) is 118 cm³/mol. The van der Waals surface area contributed by atoms with Gasteiger partial charge in [0.25, 0.3) is 0 Å². The zero-order chi connectivity index (χ0) is 17.9. The first-order valence-electron chi connectivity index (χ1n) is 9.18. The van der Waals surface area contributed by atoms with Crippen LogP contribution in [0.2, 0.25) is 0 Å². The summed E-state index contributed by atoms with van der Waals surface area (Å²) in [5, 5.41) is 6.73. The highest BCUT2D eigenvalue weighted by Crippen LogP contribution is 2.19. The Kier molecular flexibility index (Phi) is 11.6. The molecule has 1 heterocycles. The number of aliphatic imine (C=N–C) groups is 1. The van der Waals surface area contributed by atoms with E-state index in [4.69, 9.17) is 9.47 Å². The fourth-order valence-corrected chi connectivity index (χ4v) is 2.89. The number of hydrogen-bond acceptors (Lipinski definition) is 4. The van der Waals surface area contributed by atoms with Crippen LogP contribution in [0.3, 0.4) is 0 Å². The summed E-state index contributed by atoms with van der Waals surface area (Å²) < 4.78 is 10.8. The van der Waals surface area contributed by atoms with Gasteiger partial charge in [-0.3, -0.25) is 9.89 Å². The molecule has 0 saturated carbocycles. The highest BCUT2D eigenvalue weighted by atomic mass is 127. The monoisotopic (exact) mass is 476 g/mol. The minimum Gasteiger partial charge on any atom is -0.496 e. The molecule has 0 unspecified atom stereocenters. The summed E-state index contributed by atoms with van der Waals surface area (Å²) in [6, 6.07) is 6.29. The van der Waals surface area contributed by atoms with Gasteiger partial charge >= 0.3 is 0 Å². The Hall–Kier alpha value is -1.06. The van der Waals surface area contributed by atoms with E-state index in [0.29, 0.717) is 0 Å². The summed E-state index contributed by atoms with van der Waals surface area (Å²) in [4.78, 5) is 7.08. The molecule has 0 aliphatic carbocycles. The average Bonchev–Trinajstić information content (AvgIpc) is 2.63. The Bertz CT molecular complexity index is 548. The minimum absolute atomic E-state index is 0. The maximum absolute atomic E-state index is 5.45. The lowest BCUT2D eigenvalue weighted by molar-refractivity contribution is 0.0394. The molecule has 6 nitrogen and oxygen atoms in total. The first kappa shape index (κ1) is 23.0. The number of rotatable bonds is 8. The van der Waals surface area contributed by atoms with Crippen molar-refractivity contribution in [2.45, 2.75) is 20.3 Å². The van der Waals surface area contributed by atoms with Crippen LogP contribution in [0.15, 0.2) is 23.2 Å². The van der Waals surface area contributed by atoms with Gasteiger partial charge in [0.1, 0.15) is 5.75 Å². The molecule has 1 fully saturated rings. The van der Waals surface area contributed by atoms with Crippen molar-refractivity contribution in [3.63, 3.8) is 0 Å². The molecule has 1 aromatic rings. The Morgan fingerprint density at radius 2 is 2.04 bits per heavy atom. The number of aryl methyl sites for hydroxylation is 1. The summed E-state index contributed by atoms with van der Waals surface area (Å²) in [6.07, 6.45) is 0.902. The van der Waals surface area contributed by atoms with E-state index in [9.17, 15) is 0 Å². The molecule has 2 N–H and O–H groups in total. The lowest BCUT2D eigenvalue weighted by atomic mass is 10.1. The second-order valence-corrected chi connectivity index (χ2v) is 6.21. The molecule has 0 amide bonds. The molecule has 1 aliphatic heterocycles. The van der Waals surface area contributed by atoms with Crippen molar-refractivity contribution in [2.24, 2.45) is 4.99 Å². The summed E-state index contributed by atoms with van der Waals surface area (Å²) in [5.41, 5.74) is 2.47. The third kappa shape index (κ3) is 8.09. The van der Waals surface area contributed by atoms with E-state index in [-0.39, 0.29) is 24.0 Å². The second kappa shape index (κ2) is 13.2. The van der Waals surface area contributed by atoms with Gasteiger partial charge < -0.3 is 20.1 Å². The predicted octanol–water partition coefficient (Wildman–Crippen LogP) is 2.05. The van der Waals surface area contributed by atoms with Crippen LogP contribution in [0.25, 0.3) is 0 Å². The lowest BCUT2D eigenvalue weighted by Gasteiger charge is -2.25. The van der Waals surface area contributed by atoms with Gasteiger partial charge in [-0.1, -0.05) is 17.7 Å². The second-order valence-electron chi connectivity index (χ2n) is 6.21. The van der Waals surface area contributed by atoms with Crippen molar-refractivity contribution in [1.29, 1.82) is 0 Å². The molecular weight excluding hydrogens is 443 g/mol. The zero-order valence-corrected chi connectivity index (χ0v) is 18.5. The van der Waals surface area contributed by atoms with Crippen LogP contribution in [0.4, 0.5) is 0 Å². The maximum Gasteiger partial charge on any atom is 0.191 e. The van der Waals surface area contributed by atoms with E-state index in [2.05, 4.69) is 46.5 Å². The van der Waals surface area contributed by atoms with Crippen LogP contribution in [0.5, 0.6) is 5.75 Å². The number of halogens is 1. The Morgan fingerprint density at radius 1 is 1.27 bits per heavy atom. The summed E-state index contributed by atoms with van der Waals surface area (Å²) >= 11 is 0. The molecule has 1 saturated heterocycles. The van der Waals surface area contributed by atoms with E-state index in [1.807, 2.05) is 6.07 Å². The number of methoxy groups -OCH3 is 1. The van der Waals surface area contributed by atoms with Crippen LogP contribution in [0.1, 0.15) is 18.1 Å². The average molecular weight is 476 g/mol. The normalized spacial score (nSPS) is 15.3. The van der Waals surface area contributed by atoms with E-state index in [1.54, 1.807) is 7.11 Å². The molecule has 0 spiro atoms. The highest BCUT2D eigenvalue weighted by molar-refractivity contribution is 14.0. The molecule has 26 heavy (non-hydrogen) atoms. The molecule has 0 aromatic heterocycles. The van der Waals surface area contributed by atoms with Crippen LogP contribution in [-0.2, 0) is 11.2 Å². The van der Waals surface area contributed by atoms with E-state index >= 15 is 0 Å². The van der Waals surface area contributed by atoms with Gasteiger partial charge in [-0.2, -0.15) is 0 Å². The minimum atomic E-state index is 0. The molecule has 7 heteroatoms. The van der Waals surface area contributed by atoms with Crippen LogP contribution >= 0.6 is 24.0 Å². The van der Waals surface area contributed by atoms with Crippen molar-refractivity contribution in [2.75, 3.05) is 59.6 Å². The number of guanidine groups is 1. The first-order chi connectivity index (χ1) is 12.2. The summed E-state index contributed by atoms with van der Waals surface area (Å²) in [6.45, 7) is 11.3. The molecular formula is C19H33IN4O2. The number of hydrogen-bond donors (Lipinski definition) is 2. The highest BCUT2D eigenvalue weighted by Gasteiger charge is 2.09.